The molecule has 10 heavy (non-hydrogen) atoms. The third kappa shape index (κ3) is 1.62. The summed E-state index contributed by atoms with van der Waals surface area (Å²) in [6.45, 7) is 5.83. The van der Waals surface area contributed by atoms with Crippen LogP contribution in [0.1, 0.15) is 26.2 Å². The summed E-state index contributed by atoms with van der Waals surface area (Å²) in [7, 11) is 0. The normalized spacial score (nSPS) is 24.9. The van der Waals surface area contributed by atoms with Gasteiger partial charge in [0.05, 0.1) is 0 Å². The third-order valence-corrected chi connectivity index (χ3v) is 2.06. The summed E-state index contributed by atoms with van der Waals surface area (Å²) in [6.07, 6.45) is 8.20. The molecule has 0 aromatic rings. The number of rotatable bonds is 1. The zero-order chi connectivity index (χ0) is 7.40. The Morgan fingerprint density at radius 3 is 3.20 bits per heavy atom. The fourth-order valence-corrected chi connectivity index (χ4v) is 1.38. The molecule has 0 spiro atoms. The lowest BCUT2D eigenvalue weighted by molar-refractivity contribution is 0.563. The van der Waals surface area contributed by atoms with Crippen molar-refractivity contribution in [2.24, 2.45) is 5.92 Å². The van der Waals surface area contributed by atoms with Crippen LogP contribution in [-0.2, 0) is 0 Å². The Bertz CT molecular complexity index is 180. The van der Waals surface area contributed by atoms with E-state index in [9.17, 15) is 0 Å². The van der Waals surface area contributed by atoms with E-state index in [-0.39, 0.29) is 0 Å². The number of allylic oxidation sites excluding steroid dienone is 3. The Kier molecular flexibility index (Phi) is 2.53. The summed E-state index contributed by atoms with van der Waals surface area (Å²) in [5.41, 5.74) is 4.24. The van der Waals surface area contributed by atoms with Crippen LogP contribution >= 0.6 is 0 Å². The average molecular weight is 134 g/mol. The molecule has 1 atom stereocenters. The second-order valence-corrected chi connectivity index (χ2v) is 2.88. The molecule has 1 aliphatic carbocycles. The molecule has 0 bridgehead atoms. The van der Waals surface area contributed by atoms with Crippen molar-refractivity contribution in [3.63, 3.8) is 0 Å². The highest BCUT2D eigenvalue weighted by Gasteiger charge is 2.08. The largest absolute Gasteiger partial charge is 0.128 e. The summed E-state index contributed by atoms with van der Waals surface area (Å²) in [6, 6.07) is 0. The van der Waals surface area contributed by atoms with Crippen molar-refractivity contribution in [1.82, 2.24) is 0 Å². The highest BCUT2D eigenvalue weighted by atomic mass is 14.1. The number of hydrogen-bond donors (Lipinski definition) is 0. The summed E-state index contributed by atoms with van der Waals surface area (Å²) in [5, 5.41) is 0. The highest BCUT2D eigenvalue weighted by Crippen LogP contribution is 2.24. The molecule has 0 amide bonds. The second kappa shape index (κ2) is 3.43. The van der Waals surface area contributed by atoms with Gasteiger partial charge in [-0.1, -0.05) is 19.6 Å². The van der Waals surface area contributed by atoms with Gasteiger partial charge < -0.3 is 0 Å². The van der Waals surface area contributed by atoms with Crippen LogP contribution in [0.25, 0.3) is 0 Å². The van der Waals surface area contributed by atoms with Crippen LogP contribution in [0.4, 0.5) is 0 Å². The maximum absolute atomic E-state index is 3.57. The molecule has 1 unspecified atom stereocenters. The molecule has 54 valence electrons. The standard InChI is InChI=1S/C10H14/c1-3-6-10-8-5-4-7-9(10)2/h6,8-9H,1,4-5,7H2,2H3. The maximum atomic E-state index is 3.57. The lowest BCUT2D eigenvalue weighted by atomic mass is 9.89. The fraction of sp³-hybridized carbons (Fsp3) is 0.500. The Morgan fingerprint density at radius 1 is 1.80 bits per heavy atom. The molecule has 0 heterocycles. The predicted octanol–water partition coefficient (Wildman–Crippen LogP) is 3.07. The average Bonchev–Trinajstić information content (AvgIpc) is 1.94. The van der Waals surface area contributed by atoms with Gasteiger partial charge in [-0.15, -0.1) is 5.73 Å². The van der Waals surface area contributed by atoms with Crippen molar-refractivity contribution in [3.05, 3.63) is 30.0 Å². The van der Waals surface area contributed by atoms with Gasteiger partial charge in [0.25, 0.3) is 0 Å². The van der Waals surface area contributed by atoms with Crippen molar-refractivity contribution in [2.45, 2.75) is 26.2 Å². The van der Waals surface area contributed by atoms with E-state index in [1.165, 1.54) is 24.8 Å². The van der Waals surface area contributed by atoms with Crippen LogP contribution in [0, 0.1) is 5.92 Å². The van der Waals surface area contributed by atoms with E-state index >= 15 is 0 Å². The lowest BCUT2D eigenvalue weighted by Crippen LogP contribution is -2.01. The van der Waals surface area contributed by atoms with Gasteiger partial charge in [0.1, 0.15) is 0 Å². The predicted molar refractivity (Wildman–Crippen MR) is 44.8 cm³/mol. The Morgan fingerprint density at radius 2 is 2.60 bits per heavy atom. The molecule has 0 fully saturated rings. The van der Waals surface area contributed by atoms with E-state index in [1.54, 1.807) is 0 Å². The van der Waals surface area contributed by atoms with Crippen molar-refractivity contribution in [3.8, 4) is 0 Å². The summed E-state index contributed by atoms with van der Waals surface area (Å²) in [4.78, 5) is 0. The quantitative estimate of drug-likeness (QED) is 0.483. The van der Waals surface area contributed by atoms with Crippen molar-refractivity contribution < 1.29 is 0 Å². The van der Waals surface area contributed by atoms with E-state index in [2.05, 4.69) is 25.3 Å². The summed E-state index contributed by atoms with van der Waals surface area (Å²) in [5.74, 6) is 0.725. The van der Waals surface area contributed by atoms with E-state index in [0.717, 1.165) is 5.92 Å². The molecule has 0 N–H and O–H groups in total. The van der Waals surface area contributed by atoms with E-state index < -0.39 is 0 Å². The third-order valence-electron chi connectivity index (χ3n) is 2.06. The second-order valence-electron chi connectivity index (χ2n) is 2.88. The molecule has 0 saturated heterocycles. The van der Waals surface area contributed by atoms with Crippen molar-refractivity contribution in [2.75, 3.05) is 0 Å². The van der Waals surface area contributed by atoms with Gasteiger partial charge in [0.15, 0.2) is 0 Å². The van der Waals surface area contributed by atoms with Crippen LogP contribution in [0.5, 0.6) is 0 Å². The minimum atomic E-state index is 0.725. The Labute approximate surface area is 62.9 Å². The van der Waals surface area contributed by atoms with E-state index in [4.69, 9.17) is 0 Å². The van der Waals surface area contributed by atoms with Crippen LogP contribution in [0.15, 0.2) is 30.0 Å². The molecular weight excluding hydrogens is 120 g/mol. The first-order valence-electron chi connectivity index (χ1n) is 3.90. The SMILES string of the molecule is C=C=CC1=CCCCC1C. The van der Waals surface area contributed by atoms with Gasteiger partial charge in [-0.2, -0.15) is 0 Å². The summed E-state index contributed by atoms with van der Waals surface area (Å²) >= 11 is 0. The van der Waals surface area contributed by atoms with Gasteiger partial charge in [-0.3, -0.25) is 0 Å². The number of hydrogen-bond acceptors (Lipinski definition) is 0. The fourth-order valence-electron chi connectivity index (χ4n) is 1.38. The maximum Gasteiger partial charge on any atom is -0.0174 e. The lowest BCUT2D eigenvalue weighted by Gasteiger charge is -2.16. The zero-order valence-corrected chi connectivity index (χ0v) is 6.56. The van der Waals surface area contributed by atoms with Crippen LogP contribution in [-0.4, -0.2) is 0 Å². The van der Waals surface area contributed by atoms with Gasteiger partial charge in [0, 0.05) is 0 Å². The molecule has 0 nitrogen and oxygen atoms in total. The molecule has 0 heteroatoms. The zero-order valence-electron chi connectivity index (χ0n) is 6.56. The molecule has 1 aliphatic rings. The molecule has 0 aromatic carbocycles. The van der Waals surface area contributed by atoms with Gasteiger partial charge in [0.2, 0.25) is 0 Å². The van der Waals surface area contributed by atoms with Crippen molar-refractivity contribution in [1.29, 1.82) is 0 Å². The first kappa shape index (κ1) is 7.37. The van der Waals surface area contributed by atoms with Gasteiger partial charge in [-0.25, -0.2) is 0 Å². The Balaban J connectivity index is 2.70. The topological polar surface area (TPSA) is 0 Å². The van der Waals surface area contributed by atoms with E-state index in [0.29, 0.717) is 0 Å². The van der Waals surface area contributed by atoms with Gasteiger partial charge >= 0.3 is 0 Å². The molecule has 0 saturated carbocycles. The first-order chi connectivity index (χ1) is 4.84. The first-order valence-corrected chi connectivity index (χ1v) is 3.90. The Hall–Kier alpha value is -0.740. The van der Waals surface area contributed by atoms with Gasteiger partial charge in [-0.05, 0) is 36.8 Å². The monoisotopic (exact) mass is 134 g/mol. The highest BCUT2D eigenvalue weighted by molar-refractivity contribution is 5.21. The summed E-state index contributed by atoms with van der Waals surface area (Å²) < 4.78 is 0. The minimum absolute atomic E-state index is 0.725. The molecule has 0 aromatic heterocycles. The molecule has 0 radical (unpaired) electrons. The molecule has 0 aliphatic heterocycles. The van der Waals surface area contributed by atoms with E-state index in [1.807, 2.05) is 6.08 Å². The minimum Gasteiger partial charge on any atom is -0.128 e. The smallest absolute Gasteiger partial charge is 0.0174 e. The van der Waals surface area contributed by atoms with Crippen LogP contribution < -0.4 is 0 Å². The van der Waals surface area contributed by atoms with Crippen LogP contribution in [0.2, 0.25) is 0 Å². The molecule has 1 rings (SSSR count). The van der Waals surface area contributed by atoms with Crippen LogP contribution in [0.3, 0.4) is 0 Å². The van der Waals surface area contributed by atoms with Crippen molar-refractivity contribution >= 4 is 0 Å². The molecular formula is C10H14.